The molecule has 0 saturated carbocycles. The molecule has 284 valence electrons. The molecule has 3 aromatic rings. The summed E-state index contributed by atoms with van der Waals surface area (Å²) in [5.41, 5.74) is 2.99. The summed E-state index contributed by atoms with van der Waals surface area (Å²) in [5.74, 6) is -1.70. The summed E-state index contributed by atoms with van der Waals surface area (Å²) >= 11 is 1.23. The van der Waals surface area contributed by atoms with E-state index in [9.17, 15) is 24.3 Å². The van der Waals surface area contributed by atoms with Crippen molar-refractivity contribution >= 4 is 46.0 Å². The van der Waals surface area contributed by atoms with Crippen LogP contribution in [0.2, 0.25) is 0 Å². The van der Waals surface area contributed by atoms with Crippen LogP contribution in [-0.2, 0) is 43.3 Å². The second kappa shape index (κ2) is 20.4. The van der Waals surface area contributed by atoms with E-state index >= 15 is 0 Å². The van der Waals surface area contributed by atoms with Gasteiger partial charge in [-0.05, 0) is 72.8 Å². The average Bonchev–Trinajstić information content (AvgIpc) is 3.59. The Labute approximate surface area is 315 Å². The zero-order chi connectivity index (χ0) is 38.2. The SMILES string of the molecule is CCCC(=O)OCN(C(=O)C(CO)c1cccc(CNC(=O)CC(C)(C)C)c1)c1nnc(CCCCc2ccc(NC(=O)CC3=CCCC=C3)nn2)s1. The molecule has 3 amide bonds. The summed E-state index contributed by atoms with van der Waals surface area (Å²) in [6.07, 6.45) is 12.4. The number of rotatable bonds is 19. The molecular formula is C39H51N7O6S. The molecule has 0 fully saturated rings. The highest BCUT2D eigenvalue weighted by molar-refractivity contribution is 7.15. The number of amides is 3. The van der Waals surface area contributed by atoms with Crippen LogP contribution >= 0.6 is 11.3 Å². The maximum atomic E-state index is 14.0. The number of benzene rings is 1. The van der Waals surface area contributed by atoms with Gasteiger partial charge in [0, 0.05) is 25.8 Å². The number of nitrogens with zero attached hydrogens (tertiary/aromatic N) is 5. The lowest BCUT2D eigenvalue weighted by atomic mass is 9.92. The van der Waals surface area contributed by atoms with Crippen molar-refractivity contribution in [2.45, 2.75) is 104 Å². The molecule has 0 saturated heterocycles. The lowest BCUT2D eigenvalue weighted by Gasteiger charge is -2.24. The Bertz CT molecular complexity index is 1750. The fourth-order valence-corrected chi connectivity index (χ4v) is 6.45. The van der Waals surface area contributed by atoms with Gasteiger partial charge in [-0.2, -0.15) is 5.10 Å². The Hall–Kier alpha value is -4.82. The third-order valence-electron chi connectivity index (χ3n) is 8.27. The standard InChI is InChI=1S/C39H51N7O6S/c1-5-12-36(50)52-26-46(37(51)31(25-47)29-16-11-15-28(21-29)24-40-34(49)23-39(2,3)4)38-45-44-35(53-38)18-10-9-17-30-19-20-32(43-42-30)41-33(48)22-27-13-7-6-8-14-27/h7,11,13-16,19-21,31,47H,5-6,8-10,12,17-18,22-26H2,1-4H3,(H,40,49)(H,41,43,48). The van der Waals surface area contributed by atoms with Crippen molar-refractivity contribution in [1.82, 2.24) is 25.7 Å². The van der Waals surface area contributed by atoms with Gasteiger partial charge in [0.2, 0.25) is 22.9 Å². The van der Waals surface area contributed by atoms with E-state index < -0.39 is 24.4 Å². The smallest absolute Gasteiger partial charge is 0.307 e. The molecule has 14 heteroatoms. The quantitative estimate of drug-likeness (QED) is 0.0754. The number of esters is 1. The van der Waals surface area contributed by atoms with E-state index in [2.05, 4.69) is 43.2 Å². The van der Waals surface area contributed by atoms with Crippen molar-refractivity contribution in [3.63, 3.8) is 0 Å². The highest BCUT2D eigenvalue weighted by Gasteiger charge is 2.30. The minimum atomic E-state index is -0.968. The molecule has 2 heterocycles. The average molecular weight is 746 g/mol. The zero-order valence-electron chi connectivity index (χ0n) is 31.1. The van der Waals surface area contributed by atoms with Gasteiger partial charge >= 0.3 is 5.97 Å². The lowest BCUT2D eigenvalue weighted by Crippen LogP contribution is -2.39. The van der Waals surface area contributed by atoms with Crippen molar-refractivity contribution in [3.05, 3.63) is 82.0 Å². The fraction of sp³-hybridized carbons (Fsp3) is 0.487. The van der Waals surface area contributed by atoms with Gasteiger partial charge in [0.1, 0.15) is 5.01 Å². The Morgan fingerprint density at radius 2 is 1.81 bits per heavy atom. The van der Waals surface area contributed by atoms with Gasteiger partial charge in [-0.25, -0.2) is 0 Å². The van der Waals surface area contributed by atoms with Crippen molar-refractivity contribution in [2.75, 3.05) is 23.6 Å². The van der Waals surface area contributed by atoms with Gasteiger partial charge in [0.05, 0.1) is 24.6 Å². The molecule has 0 aliphatic heterocycles. The molecular weight excluding hydrogens is 695 g/mol. The topological polar surface area (TPSA) is 177 Å². The third kappa shape index (κ3) is 13.9. The summed E-state index contributed by atoms with van der Waals surface area (Å²) in [6, 6.07) is 10.8. The zero-order valence-corrected chi connectivity index (χ0v) is 31.9. The van der Waals surface area contributed by atoms with E-state index in [-0.39, 0.29) is 42.1 Å². The molecule has 0 bridgehead atoms. The molecule has 1 aromatic carbocycles. The number of carbonyl (C=O) groups excluding carboxylic acids is 4. The number of ether oxygens (including phenoxy) is 1. The van der Waals surface area contributed by atoms with E-state index in [4.69, 9.17) is 4.74 Å². The van der Waals surface area contributed by atoms with E-state index in [1.165, 1.54) is 16.2 Å². The predicted octanol–water partition coefficient (Wildman–Crippen LogP) is 5.96. The van der Waals surface area contributed by atoms with Gasteiger partial charge in [0.25, 0.3) is 0 Å². The number of aryl methyl sites for hydroxylation is 2. The molecule has 0 spiro atoms. The molecule has 1 aliphatic rings. The number of aliphatic hydroxyl groups is 1. The summed E-state index contributed by atoms with van der Waals surface area (Å²) < 4.78 is 5.43. The molecule has 53 heavy (non-hydrogen) atoms. The second-order valence-electron chi connectivity index (χ2n) is 14.2. The number of unbranched alkanes of at least 4 members (excludes halogenated alkanes) is 1. The number of aromatic nitrogens is 4. The van der Waals surface area contributed by atoms with Crippen LogP contribution in [0.5, 0.6) is 0 Å². The van der Waals surface area contributed by atoms with E-state index in [0.717, 1.165) is 42.5 Å². The minimum Gasteiger partial charge on any atom is -0.444 e. The maximum Gasteiger partial charge on any atom is 0.307 e. The summed E-state index contributed by atoms with van der Waals surface area (Å²) in [5, 5.41) is 34.1. The second-order valence-corrected chi connectivity index (χ2v) is 15.3. The Morgan fingerprint density at radius 1 is 1.00 bits per heavy atom. The monoisotopic (exact) mass is 745 g/mol. The van der Waals surface area contributed by atoms with Crippen molar-refractivity contribution < 1.29 is 29.0 Å². The summed E-state index contributed by atoms with van der Waals surface area (Å²) in [4.78, 5) is 52.3. The van der Waals surface area contributed by atoms with Crippen molar-refractivity contribution in [2.24, 2.45) is 5.41 Å². The molecule has 0 radical (unpaired) electrons. The lowest BCUT2D eigenvalue weighted by molar-refractivity contribution is -0.144. The minimum absolute atomic E-state index is 0.0734. The molecule has 1 aliphatic carbocycles. The van der Waals surface area contributed by atoms with Gasteiger partial charge in [-0.1, -0.05) is 81.5 Å². The molecule has 1 unspecified atom stereocenters. The molecule has 1 atom stereocenters. The van der Waals surface area contributed by atoms with Crippen LogP contribution in [0, 0.1) is 5.41 Å². The Kier molecular flexibility index (Phi) is 15.8. The van der Waals surface area contributed by atoms with Crippen LogP contribution in [0.25, 0.3) is 0 Å². The number of nitrogens with one attached hydrogen (secondary N) is 2. The molecule has 13 nitrogen and oxygen atoms in total. The van der Waals surface area contributed by atoms with Gasteiger partial charge < -0.3 is 20.5 Å². The van der Waals surface area contributed by atoms with E-state index in [1.807, 2.05) is 45.9 Å². The maximum absolute atomic E-state index is 14.0. The summed E-state index contributed by atoms with van der Waals surface area (Å²) in [7, 11) is 0. The fourth-order valence-electron chi connectivity index (χ4n) is 5.57. The van der Waals surface area contributed by atoms with Crippen LogP contribution in [0.4, 0.5) is 10.9 Å². The number of anilines is 2. The first kappa shape index (κ1) is 40.9. The highest BCUT2D eigenvalue weighted by atomic mass is 32.1. The number of allylic oxidation sites excluding steroid dienone is 3. The normalized spacial score (nSPS) is 13.2. The van der Waals surface area contributed by atoms with Crippen molar-refractivity contribution in [3.8, 4) is 0 Å². The molecule has 2 aromatic heterocycles. The number of hydrogen-bond donors (Lipinski definition) is 3. The van der Waals surface area contributed by atoms with Gasteiger partial charge in [0.15, 0.2) is 12.5 Å². The predicted molar refractivity (Wildman–Crippen MR) is 204 cm³/mol. The number of aliphatic hydroxyl groups excluding tert-OH is 1. The summed E-state index contributed by atoms with van der Waals surface area (Å²) in [6.45, 7) is 7.26. The van der Waals surface area contributed by atoms with E-state index in [0.29, 0.717) is 48.5 Å². The first-order valence-electron chi connectivity index (χ1n) is 18.2. The third-order valence-corrected chi connectivity index (χ3v) is 9.28. The largest absolute Gasteiger partial charge is 0.444 e. The molecule has 4 rings (SSSR count). The Morgan fingerprint density at radius 3 is 2.51 bits per heavy atom. The first-order chi connectivity index (χ1) is 25.4. The highest BCUT2D eigenvalue weighted by Crippen LogP contribution is 2.28. The van der Waals surface area contributed by atoms with Crippen LogP contribution in [0.1, 0.15) is 107 Å². The number of hydrogen-bond acceptors (Lipinski definition) is 11. The van der Waals surface area contributed by atoms with Crippen molar-refractivity contribution in [1.29, 1.82) is 0 Å². The first-order valence-corrected chi connectivity index (χ1v) is 19.0. The Balaban J connectivity index is 1.34. The molecule has 3 N–H and O–H groups in total. The van der Waals surface area contributed by atoms with Crippen LogP contribution < -0.4 is 15.5 Å². The van der Waals surface area contributed by atoms with Gasteiger partial charge in [-0.15, -0.1) is 15.3 Å². The van der Waals surface area contributed by atoms with Crippen LogP contribution in [-0.4, -0.2) is 62.5 Å². The number of carbonyl (C=O) groups is 4. The van der Waals surface area contributed by atoms with Crippen LogP contribution in [0.15, 0.2) is 60.2 Å². The van der Waals surface area contributed by atoms with Gasteiger partial charge in [-0.3, -0.25) is 24.1 Å². The van der Waals surface area contributed by atoms with E-state index in [1.54, 1.807) is 24.3 Å². The van der Waals surface area contributed by atoms with Crippen LogP contribution in [0.3, 0.4) is 0 Å².